The van der Waals surface area contributed by atoms with Crippen molar-refractivity contribution >= 4 is 5.91 Å². The third-order valence-electron chi connectivity index (χ3n) is 4.03. The van der Waals surface area contributed by atoms with Gasteiger partial charge in [-0.15, -0.1) is 0 Å². The first-order valence-corrected chi connectivity index (χ1v) is 7.71. The summed E-state index contributed by atoms with van der Waals surface area (Å²) in [5.74, 6) is 0.0771. The number of aromatic nitrogens is 1. The Bertz CT molecular complexity index is 668. The van der Waals surface area contributed by atoms with Gasteiger partial charge in [0.05, 0.1) is 11.6 Å². The van der Waals surface area contributed by atoms with Crippen molar-refractivity contribution in [3.05, 3.63) is 53.2 Å². The van der Waals surface area contributed by atoms with E-state index in [9.17, 15) is 9.18 Å². The highest BCUT2D eigenvalue weighted by atomic mass is 19.1. The summed E-state index contributed by atoms with van der Waals surface area (Å²) in [7, 11) is 0. The lowest BCUT2D eigenvalue weighted by molar-refractivity contribution is 0.0726. The quantitative estimate of drug-likeness (QED) is 0.864. The van der Waals surface area contributed by atoms with Crippen LogP contribution in [0.4, 0.5) is 4.39 Å². The Hall–Kier alpha value is -2.17. The molecule has 0 aliphatic carbocycles. The van der Waals surface area contributed by atoms with Crippen LogP contribution in [0.3, 0.4) is 0 Å². The summed E-state index contributed by atoms with van der Waals surface area (Å²) in [6.45, 7) is 2.69. The van der Waals surface area contributed by atoms with Crippen molar-refractivity contribution in [3.63, 3.8) is 0 Å². The summed E-state index contributed by atoms with van der Waals surface area (Å²) in [4.78, 5) is 14.3. The molecule has 1 aromatic carbocycles. The standard InChI is InChI=1S/C17H19FN2O2/c1-2-6-12-11-15(19-22-12)16-9-5-10-20(16)17(21)13-7-3-4-8-14(13)18/h3-4,7-8,11,16H,2,5-6,9-10H2,1H3/t16-/m1/s1. The van der Waals surface area contributed by atoms with E-state index in [2.05, 4.69) is 12.1 Å². The summed E-state index contributed by atoms with van der Waals surface area (Å²) in [5, 5.41) is 4.10. The van der Waals surface area contributed by atoms with Gasteiger partial charge in [0.25, 0.3) is 5.91 Å². The number of hydrogen-bond donors (Lipinski definition) is 0. The van der Waals surface area contributed by atoms with Gasteiger partial charge in [0.1, 0.15) is 17.3 Å². The van der Waals surface area contributed by atoms with Crippen LogP contribution in [0.15, 0.2) is 34.9 Å². The average molecular weight is 302 g/mol. The van der Waals surface area contributed by atoms with E-state index >= 15 is 0 Å². The van der Waals surface area contributed by atoms with Gasteiger partial charge in [0, 0.05) is 19.0 Å². The molecule has 3 rings (SSSR count). The van der Waals surface area contributed by atoms with E-state index in [4.69, 9.17) is 4.52 Å². The van der Waals surface area contributed by atoms with Gasteiger partial charge in [-0.3, -0.25) is 4.79 Å². The van der Waals surface area contributed by atoms with Crippen molar-refractivity contribution in [2.24, 2.45) is 0 Å². The van der Waals surface area contributed by atoms with E-state index in [0.717, 1.165) is 37.1 Å². The third kappa shape index (κ3) is 2.75. The number of amides is 1. The van der Waals surface area contributed by atoms with Crippen LogP contribution >= 0.6 is 0 Å². The van der Waals surface area contributed by atoms with Crippen LogP contribution in [0.1, 0.15) is 54.0 Å². The van der Waals surface area contributed by atoms with Crippen molar-refractivity contribution in [1.82, 2.24) is 10.1 Å². The zero-order valence-electron chi connectivity index (χ0n) is 12.6. The summed E-state index contributed by atoms with van der Waals surface area (Å²) < 4.78 is 19.2. The fourth-order valence-corrected chi connectivity index (χ4v) is 2.96. The minimum atomic E-state index is -0.482. The number of carbonyl (C=O) groups is 1. The molecule has 1 aliphatic heterocycles. The smallest absolute Gasteiger partial charge is 0.257 e. The zero-order valence-corrected chi connectivity index (χ0v) is 12.6. The molecule has 2 heterocycles. The Morgan fingerprint density at radius 1 is 1.45 bits per heavy atom. The molecule has 0 N–H and O–H groups in total. The summed E-state index contributed by atoms with van der Waals surface area (Å²) in [6.07, 6.45) is 3.54. The molecule has 1 fully saturated rings. The normalized spacial score (nSPS) is 17.9. The van der Waals surface area contributed by atoms with Gasteiger partial charge in [-0.05, 0) is 31.4 Å². The third-order valence-corrected chi connectivity index (χ3v) is 4.03. The number of likely N-dealkylation sites (tertiary alicyclic amines) is 1. The minimum absolute atomic E-state index is 0.117. The largest absolute Gasteiger partial charge is 0.361 e. The van der Waals surface area contributed by atoms with Gasteiger partial charge in [-0.2, -0.15) is 0 Å². The number of aryl methyl sites for hydroxylation is 1. The number of nitrogens with zero attached hydrogens (tertiary/aromatic N) is 2. The van der Waals surface area contributed by atoms with E-state index in [1.165, 1.54) is 12.1 Å². The van der Waals surface area contributed by atoms with Crippen molar-refractivity contribution in [3.8, 4) is 0 Å². The van der Waals surface area contributed by atoms with Gasteiger partial charge in [0.2, 0.25) is 0 Å². The molecule has 2 aromatic rings. The van der Waals surface area contributed by atoms with E-state index < -0.39 is 5.82 Å². The Kier molecular flexibility index (Phi) is 4.22. The van der Waals surface area contributed by atoms with Crippen LogP contribution in [0.25, 0.3) is 0 Å². The zero-order chi connectivity index (χ0) is 15.5. The Labute approximate surface area is 128 Å². The van der Waals surface area contributed by atoms with Crippen LogP contribution in [0.2, 0.25) is 0 Å². The van der Waals surface area contributed by atoms with E-state index in [1.807, 2.05) is 6.07 Å². The lowest BCUT2D eigenvalue weighted by Gasteiger charge is -2.23. The molecule has 116 valence electrons. The summed E-state index contributed by atoms with van der Waals surface area (Å²) in [6, 6.07) is 7.90. The molecule has 0 saturated carbocycles. The van der Waals surface area contributed by atoms with Gasteiger partial charge in [-0.25, -0.2) is 4.39 Å². The number of hydrogen-bond acceptors (Lipinski definition) is 3. The molecule has 1 amide bonds. The van der Waals surface area contributed by atoms with Crippen LogP contribution < -0.4 is 0 Å². The van der Waals surface area contributed by atoms with Crippen LogP contribution in [0, 0.1) is 5.82 Å². The number of halogens is 1. The monoisotopic (exact) mass is 302 g/mol. The Morgan fingerprint density at radius 2 is 2.27 bits per heavy atom. The average Bonchev–Trinajstić information content (AvgIpc) is 3.16. The van der Waals surface area contributed by atoms with Crippen molar-refractivity contribution in [1.29, 1.82) is 0 Å². The van der Waals surface area contributed by atoms with Crippen LogP contribution in [-0.4, -0.2) is 22.5 Å². The Morgan fingerprint density at radius 3 is 3.05 bits per heavy atom. The topological polar surface area (TPSA) is 46.3 Å². The number of rotatable bonds is 4. The van der Waals surface area contributed by atoms with Crippen molar-refractivity contribution in [2.45, 2.75) is 38.6 Å². The van der Waals surface area contributed by atoms with Crippen molar-refractivity contribution < 1.29 is 13.7 Å². The summed E-state index contributed by atoms with van der Waals surface area (Å²) >= 11 is 0. The Balaban J connectivity index is 1.83. The number of benzene rings is 1. The second-order valence-corrected chi connectivity index (χ2v) is 5.60. The van der Waals surface area contributed by atoms with Gasteiger partial charge in [-0.1, -0.05) is 24.2 Å². The minimum Gasteiger partial charge on any atom is -0.361 e. The summed E-state index contributed by atoms with van der Waals surface area (Å²) in [5.41, 5.74) is 0.886. The van der Waals surface area contributed by atoms with Crippen molar-refractivity contribution in [2.75, 3.05) is 6.54 Å². The molecule has 0 bridgehead atoms. The molecule has 4 nitrogen and oxygen atoms in total. The van der Waals surface area contributed by atoms with Gasteiger partial charge in [0.15, 0.2) is 0 Å². The highest BCUT2D eigenvalue weighted by Crippen LogP contribution is 2.33. The SMILES string of the molecule is CCCc1cc([C@H]2CCCN2C(=O)c2ccccc2F)no1. The maximum atomic E-state index is 13.8. The molecule has 1 saturated heterocycles. The highest BCUT2D eigenvalue weighted by Gasteiger charge is 2.33. The van der Waals surface area contributed by atoms with Crippen LogP contribution in [-0.2, 0) is 6.42 Å². The lowest BCUT2D eigenvalue weighted by Crippen LogP contribution is -2.31. The highest BCUT2D eigenvalue weighted by molar-refractivity contribution is 5.94. The predicted molar refractivity (Wildman–Crippen MR) is 79.9 cm³/mol. The van der Waals surface area contributed by atoms with E-state index in [0.29, 0.717) is 6.54 Å². The lowest BCUT2D eigenvalue weighted by atomic mass is 10.1. The molecule has 1 aliphatic rings. The van der Waals surface area contributed by atoms with E-state index in [-0.39, 0.29) is 17.5 Å². The molecule has 0 spiro atoms. The predicted octanol–water partition coefficient (Wildman–Crippen LogP) is 3.74. The molecular formula is C17H19FN2O2. The fourth-order valence-electron chi connectivity index (χ4n) is 2.96. The van der Waals surface area contributed by atoms with Crippen LogP contribution in [0.5, 0.6) is 0 Å². The molecule has 5 heteroatoms. The molecular weight excluding hydrogens is 283 g/mol. The fraction of sp³-hybridized carbons (Fsp3) is 0.412. The first-order valence-electron chi connectivity index (χ1n) is 7.71. The van der Waals surface area contributed by atoms with E-state index in [1.54, 1.807) is 17.0 Å². The molecule has 0 unspecified atom stereocenters. The second-order valence-electron chi connectivity index (χ2n) is 5.60. The maximum Gasteiger partial charge on any atom is 0.257 e. The molecule has 22 heavy (non-hydrogen) atoms. The van der Waals surface area contributed by atoms with Gasteiger partial charge < -0.3 is 9.42 Å². The molecule has 1 atom stereocenters. The first kappa shape index (κ1) is 14.8. The first-order chi connectivity index (χ1) is 10.7. The maximum absolute atomic E-state index is 13.8. The molecule has 0 radical (unpaired) electrons. The second kappa shape index (κ2) is 6.30. The molecule has 1 aromatic heterocycles. The number of carbonyl (C=O) groups excluding carboxylic acids is 1. The van der Waals surface area contributed by atoms with Gasteiger partial charge >= 0.3 is 0 Å².